The number of hydrogen-bond acceptors (Lipinski definition) is 4. The van der Waals surface area contributed by atoms with Crippen LogP contribution in [0.5, 0.6) is 0 Å². The van der Waals surface area contributed by atoms with Gasteiger partial charge in [0.2, 0.25) is 5.95 Å². The summed E-state index contributed by atoms with van der Waals surface area (Å²) in [7, 11) is 0. The Morgan fingerprint density at radius 3 is 2.95 bits per heavy atom. The van der Waals surface area contributed by atoms with Crippen LogP contribution in [0.2, 0.25) is 0 Å². The van der Waals surface area contributed by atoms with E-state index in [2.05, 4.69) is 32.3 Å². The highest BCUT2D eigenvalue weighted by Gasteiger charge is 2.26. The van der Waals surface area contributed by atoms with Gasteiger partial charge in [0.25, 0.3) is 5.91 Å². The van der Waals surface area contributed by atoms with Crippen molar-refractivity contribution in [1.82, 2.24) is 15.3 Å². The molecule has 5 heteroatoms. The Hall–Kier alpha value is -2.43. The van der Waals surface area contributed by atoms with E-state index >= 15 is 0 Å². The Balaban J connectivity index is 1.62. The van der Waals surface area contributed by atoms with E-state index in [1.807, 2.05) is 12.1 Å². The van der Waals surface area contributed by atoms with E-state index in [1.165, 1.54) is 5.56 Å². The number of amides is 1. The summed E-state index contributed by atoms with van der Waals surface area (Å²) < 4.78 is 0. The SMILES string of the molecule is O=C(NC1CC1)c1ccnc(N2CCc3ccccc32)n1. The fourth-order valence-electron chi connectivity index (χ4n) is 2.64. The van der Waals surface area contributed by atoms with Crippen molar-refractivity contribution in [3.05, 3.63) is 47.8 Å². The van der Waals surface area contributed by atoms with E-state index in [0.29, 0.717) is 17.7 Å². The molecule has 0 atom stereocenters. The Kier molecular flexibility index (Phi) is 2.84. The molecule has 0 bridgehead atoms. The number of aromatic nitrogens is 2. The van der Waals surface area contributed by atoms with Crippen LogP contribution in [0.25, 0.3) is 0 Å². The second-order valence-corrected chi connectivity index (χ2v) is 5.52. The van der Waals surface area contributed by atoms with Crippen LogP contribution in [0.1, 0.15) is 28.9 Å². The molecule has 2 aromatic rings. The Morgan fingerprint density at radius 2 is 2.10 bits per heavy atom. The zero-order valence-electron chi connectivity index (χ0n) is 11.6. The van der Waals surface area contributed by atoms with E-state index < -0.39 is 0 Å². The molecule has 106 valence electrons. The van der Waals surface area contributed by atoms with Gasteiger partial charge < -0.3 is 10.2 Å². The van der Waals surface area contributed by atoms with Gasteiger partial charge in [0.05, 0.1) is 0 Å². The lowest BCUT2D eigenvalue weighted by Crippen LogP contribution is -2.27. The second-order valence-electron chi connectivity index (χ2n) is 5.52. The van der Waals surface area contributed by atoms with Gasteiger partial charge in [-0.05, 0) is 37.0 Å². The van der Waals surface area contributed by atoms with Crippen LogP contribution in [-0.4, -0.2) is 28.5 Å². The van der Waals surface area contributed by atoms with Gasteiger partial charge >= 0.3 is 0 Å². The summed E-state index contributed by atoms with van der Waals surface area (Å²) in [4.78, 5) is 22.9. The molecule has 1 aliphatic heterocycles. The van der Waals surface area contributed by atoms with Gasteiger partial charge in [-0.15, -0.1) is 0 Å². The van der Waals surface area contributed by atoms with E-state index in [0.717, 1.165) is 31.5 Å². The number of rotatable bonds is 3. The minimum Gasteiger partial charge on any atom is -0.348 e. The van der Waals surface area contributed by atoms with Gasteiger partial charge in [0, 0.05) is 24.5 Å². The highest BCUT2D eigenvalue weighted by Crippen LogP contribution is 2.32. The maximum atomic E-state index is 12.1. The first-order valence-corrected chi connectivity index (χ1v) is 7.30. The van der Waals surface area contributed by atoms with E-state index in [1.54, 1.807) is 12.3 Å². The fraction of sp³-hybridized carbons (Fsp3) is 0.312. The Bertz CT molecular complexity index is 696. The third kappa shape index (κ3) is 2.35. The first-order chi connectivity index (χ1) is 10.3. The molecule has 1 amide bonds. The third-order valence-corrected chi connectivity index (χ3v) is 3.92. The predicted molar refractivity (Wildman–Crippen MR) is 79.7 cm³/mol. The number of nitrogens with one attached hydrogen (secondary N) is 1. The summed E-state index contributed by atoms with van der Waals surface area (Å²) in [5.74, 6) is 0.497. The van der Waals surface area contributed by atoms with E-state index in [4.69, 9.17) is 0 Å². The quantitative estimate of drug-likeness (QED) is 0.935. The minimum absolute atomic E-state index is 0.103. The molecule has 5 nitrogen and oxygen atoms in total. The molecule has 1 aromatic carbocycles. The molecule has 1 aromatic heterocycles. The number of hydrogen-bond donors (Lipinski definition) is 1. The zero-order chi connectivity index (χ0) is 14.2. The predicted octanol–water partition coefficient (Wildman–Crippen LogP) is 2.06. The van der Waals surface area contributed by atoms with Crippen LogP contribution in [0, 0.1) is 0 Å². The molecule has 1 aliphatic carbocycles. The van der Waals surface area contributed by atoms with Crippen LogP contribution in [0.15, 0.2) is 36.5 Å². The van der Waals surface area contributed by atoms with Crippen LogP contribution < -0.4 is 10.2 Å². The highest BCUT2D eigenvalue weighted by molar-refractivity contribution is 5.93. The average Bonchev–Trinajstić information content (AvgIpc) is 3.23. The highest BCUT2D eigenvalue weighted by atomic mass is 16.2. The van der Waals surface area contributed by atoms with Crippen molar-refractivity contribution >= 4 is 17.5 Å². The number of anilines is 2. The monoisotopic (exact) mass is 280 g/mol. The molecule has 0 spiro atoms. The van der Waals surface area contributed by atoms with Crippen molar-refractivity contribution in [3.8, 4) is 0 Å². The van der Waals surface area contributed by atoms with Crippen LogP contribution in [0.3, 0.4) is 0 Å². The van der Waals surface area contributed by atoms with Crippen LogP contribution >= 0.6 is 0 Å². The standard InChI is InChI=1S/C16H16N4O/c21-15(18-12-5-6-12)13-7-9-17-16(19-13)20-10-8-11-3-1-2-4-14(11)20/h1-4,7,9,12H,5-6,8,10H2,(H,18,21). The molecule has 2 aliphatic rings. The summed E-state index contributed by atoms with van der Waals surface area (Å²) in [5.41, 5.74) is 2.88. The van der Waals surface area contributed by atoms with Gasteiger partial charge in [-0.1, -0.05) is 18.2 Å². The second kappa shape index (κ2) is 4.84. The Morgan fingerprint density at radius 1 is 1.24 bits per heavy atom. The molecular weight excluding hydrogens is 264 g/mol. The van der Waals surface area contributed by atoms with Gasteiger partial charge in [0.15, 0.2) is 0 Å². The average molecular weight is 280 g/mol. The fourth-order valence-corrected chi connectivity index (χ4v) is 2.64. The molecule has 4 rings (SSSR count). The summed E-state index contributed by atoms with van der Waals surface area (Å²) in [6, 6.07) is 10.3. The van der Waals surface area contributed by atoms with Crippen molar-refractivity contribution in [2.45, 2.75) is 25.3 Å². The first-order valence-electron chi connectivity index (χ1n) is 7.30. The lowest BCUT2D eigenvalue weighted by Gasteiger charge is -2.17. The third-order valence-electron chi connectivity index (χ3n) is 3.92. The number of carbonyl (C=O) groups excluding carboxylic acids is 1. The number of nitrogens with zero attached hydrogens (tertiary/aromatic N) is 3. The normalized spacial score (nSPS) is 16.7. The zero-order valence-corrected chi connectivity index (χ0v) is 11.6. The Labute approximate surface area is 123 Å². The lowest BCUT2D eigenvalue weighted by molar-refractivity contribution is 0.0946. The van der Waals surface area contributed by atoms with Crippen molar-refractivity contribution in [2.75, 3.05) is 11.4 Å². The van der Waals surface area contributed by atoms with Crippen LogP contribution in [0.4, 0.5) is 11.6 Å². The summed E-state index contributed by atoms with van der Waals surface area (Å²) >= 11 is 0. The van der Waals surface area contributed by atoms with E-state index in [9.17, 15) is 4.79 Å². The van der Waals surface area contributed by atoms with Gasteiger partial charge in [-0.2, -0.15) is 0 Å². The maximum Gasteiger partial charge on any atom is 0.270 e. The largest absolute Gasteiger partial charge is 0.348 e. The molecule has 21 heavy (non-hydrogen) atoms. The van der Waals surface area contributed by atoms with Crippen molar-refractivity contribution < 1.29 is 4.79 Å². The molecule has 0 radical (unpaired) electrons. The minimum atomic E-state index is -0.103. The van der Waals surface area contributed by atoms with Crippen molar-refractivity contribution in [3.63, 3.8) is 0 Å². The summed E-state index contributed by atoms with van der Waals surface area (Å²) in [6.07, 6.45) is 4.79. The smallest absolute Gasteiger partial charge is 0.270 e. The number of fused-ring (bicyclic) bond motifs is 1. The molecule has 0 saturated heterocycles. The first kappa shape index (κ1) is 12.3. The van der Waals surface area contributed by atoms with Gasteiger partial charge in [0.1, 0.15) is 5.69 Å². The number of para-hydroxylation sites is 1. The van der Waals surface area contributed by atoms with Gasteiger partial charge in [-0.3, -0.25) is 4.79 Å². The van der Waals surface area contributed by atoms with Crippen LogP contribution in [-0.2, 0) is 6.42 Å². The summed E-state index contributed by atoms with van der Waals surface area (Å²) in [5, 5.41) is 2.96. The summed E-state index contributed by atoms with van der Waals surface area (Å²) in [6.45, 7) is 0.854. The lowest BCUT2D eigenvalue weighted by atomic mass is 10.2. The molecule has 1 saturated carbocycles. The molecular formula is C16H16N4O. The molecule has 1 N–H and O–H groups in total. The van der Waals surface area contributed by atoms with E-state index in [-0.39, 0.29) is 5.91 Å². The van der Waals surface area contributed by atoms with Gasteiger partial charge in [-0.25, -0.2) is 9.97 Å². The number of benzene rings is 1. The molecule has 2 heterocycles. The number of carbonyl (C=O) groups is 1. The molecule has 0 unspecified atom stereocenters. The maximum absolute atomic E-state index is 12.1. The molecule has 1 fully saturated rings. The van der Waals surface area contributed by atoms with Crippen molar-refractivity contribution in [2.24, 2.45) is 0 Å². The topological polar surface area (TPSA) is 58.1 Å². The van der Waals surface area contributed by atoms with Crippen molar-refractivity contribution in [1.29, 1.82) is 0 Å².